The van der Waals surface area contributed by atoms with Crippen molar-refractivity contribution in [2.24, 2.45) is 10.8 Å². The first kappa shape index (κ1) is 25.4. The average molecular weight is 553 g/mol. The molecule has 0 unspecified atom stereocenters. The van der Waals surface area contributed by atoms with Crippen LogP contribution in [0.4, 0.5) is 11.5 Å². The van der Waals surface area contributed by atoms with Crippen LogP contribution in [0, 0.1) is 0 Å². The molecule has 0 atom stereocenters. The third-order valence-corrected chi connectivity index (χ3v) is 6.52. The van der Waals surface area contributed by atoms with E-state index in [2.05, 4.69) is 47.2 Å². The molecule has 206 valence electrons. The molecule has 41 heavy (non-hydrogen) atoms. The molecule has 0 radical (unpaired) electrons. The van der Waals surface area contributed by atoms with Crippen LogP contribution in [0.15, 0.2) is 70.5 Å². The summed E-state index contributed by atoms with van der Waals surface area (Å²) < 4.78 is 7.51. The van der Waals surface area contributed by atoms with E-state index in [0.29, 0.717) is 23.5 Å². The number of nitrogen functional groups attached to an aromatic ring is 1. The van der Waals surface area contributed by atoms with Crippen molar-refractivity contribution in [3.8, 4) is 17.1 Å². The summed E-state index contributed by atoms with van der Waals surface area (Å²) >= 11 is 0. The van der Waals surface area contributed by atoms with E-state index in [4.69, 9.17) is 16.1 Å². The molecule has 0 saturated carbocycles. The molecule has 0 fully saturated rings. The first-order valence-corrected chi connectivity index (χ1v) is 12.6. The minimum atomic E-state index is -0.601. The zero-order valence-corrected chi connectivity index (χ0v) is 21.6. The molecule has 5 aromatic rings. The minimum absolute atomic E-state index is 0.00404. The maximum Gasteiger partial charge on any atom is 0.293 e. The van der Waals surface area contributed by atoms with E-state index in [1.54, 1.807) is 6.20 Å². The number of amides is 2. The van der Waals surface area contributed by atoms with Crippen LogP contribution in [0.1, 0.15) is 27.3 Å². The second kappa shape index (κ2) is 10.7. The van der Waals surface area contributed by atoms with Crippen LogP contribution in [0.25, 0.3) is 17.1 Å². The highest BCUT2D eigenvalue weighted by molar-refractivity contribution is 5.95. The van der Waals surface area contributed by atoms with Crippen molar-refractivity contribution in [1.29, 1.82) is 0 Å². The Morgan fingerprint density at radius 1 is 1.10 bits per heavy atom. The van der Waals surface area contributed by atoms with Crippen molar-refractivity contribution < 1.29 is 14.2 Å². The molecule has 2 aromatic carbocycles. The zero-order valence-electron chi connectivity index (χ0n) is 21.6. The lowest BCUT2D eigenvalue weighted by atomic mass is 10.1. The number of rotatable bonds is 9. The van der Waals surface area contributed by atoms with E-state index < -0.39 is 11.8 Å². The summed E-state index contributed by atoms with van der Waals surface area (Å²) in [7, 11) is 0. The number of nitrogens with zero attached hydrogens (tertiary/aromatic N) is 9. The number of anilines is 2. The monoisotopic (exact) mass is 552 g/mol. The van der Waals surface area contributed by atoms with E-state index in [-0.39, 0.29) is 23.9 Å². The third kappa shape index (κ3) is 5.10. The van der Waals surface area contributed by atoms with Crippen molar-refractivity contribution in [3.63, 3.8) is 0 Å². The smallest absolute Gasteiger partial charge is 0.293 e. The Bertz CT molecular complexity index is 1750. The minimum Gasteiger partial charge on any atom is -0.378 e. The Kier molecular flexibility index (Phi) is 6.65. The van der Waals surface area contributed by atoms with E-state index in [0.717, 1.165) is 24.2 Å². The molecule has 0 aliphatic carbocycles. The summed E-state index contributed by atoms with van der Waals surface area (Å²) in [4.78, 5) is 26.9. The molecule has 4 heterocycles. The number of hydrogen-bond donors (Lipinski definition) is 3. The number of aromatic nitrogens is 7. The van der Waals surface area contributed by atoms with Gasteiger partial charge < -0.3 is 16.4 Å². The van der Waals surface area contributed by atoms with Crippen molar-refractivity contribution in [3.05, 3.63) is 83.3 Å². The number of primary amides is 1. The van der Waals surface area contributed by atoms with E-state index >= 15 is 0 Å². The summed E-state index contributed by atoms with van der Waals surface area (Å²) in [6.45, 7) is 0.931. The van der Waals surface area contributed by atoms with Gasteiger partial charge in [-0.15, -0.1) is 5.10 Å². The molecule has 0 saturated heterocycles. The van der Waals surface area contributed by atoms with Gasteiger partial charge in [0.15, 0.2) is 5.69 Å². The largest absolute Gasteiger partial charge is 0.378 e. The van der Waals surface area contributed by atoms with Gasteiger partial charge in [-0.2, -0.15) is 14.9 Å². The average Bonchev–Trinajstić information content (AvgIpc) is 3.76. The highest BCUT2D eigenvalue weighted by atomic mass is 16.6. The second-order valence-electron chi connectivity index (χ2n) is 9.23. The van der Waals surface area contributed by atoms with Crippen molar-refractivity contribution in [1.82, 2.24) is 40.5 Å². The summed E-state index contributed by atoms with van der Waals surface area (Å²) in [5.74, 6) is -1.01. The Balaban J connectivity index is 1.28. The van der Waals surface area contributed by atoms with Gasteiger partial charge in [0.1, 0.15) is 12.2 Å². The molecule has 1 aliphatic rings. The third-order valence-electron chi connectivity index (χ3n) is 6.52. The van der Waals surface area contributed by atoms with Crippen LogP contribution in [-0.4, -0.2) is 59.7 Å². The molecule has 15 heteroatoms. The van der Waals surface area contributed by atoms with Crippen molar-refractivity contribution >= 4 is 29.5 Å². The molecular formula is C26H24N12O3. The molecule has 1 aliphatic heterocycles. The molecule has 0 spiro atoms. The fourth-order valence-electron chi connectivity index (χ4n) is 4.69. The molecular weight excluding hydrogens is 528 g/mol. The fraction of sp³-hybridized carbons (Fsp3) is 0.154. The summed E-state index contributed by atoms with van der Waals surface area (Å²) in [6, 6.07) is 17.4. The summed E-state index contributed by atoms with van der Waals surface area (Å²) in [5, 5.41) is 24.3. The maximum absolute atomic E-state index is 13.3. The lowest BCUT2D eigenvalue weighted by Gasteiger charge is -2.19. The summed E-state index contributed by atoms with van der Waals surface area (Å²) in [6.07, 6.45) is 3.92. The fourth-order valence-corrected chi connectivity index (χ4v) is 4.69. The highest BCUT2D eigenvalue weighted by Gasteiger charge is 2.28. The number of carbonyl (C=O) groups is 2. The molecule has 6 rings (SSSR count). The Morgan fingerprint density at radius 2 is 1.90 bits per heavy atom. The number of benzene rings is 2. The van der Waals surface area contributed by atoms with Gasteiger partial charge in [-0.05, 0) is 28.4 Å². The van der Waals surface area contributed by atoms with Crippen molar-refractivity contribution in [2.75, 3.05) is 17.2 Å². The van der Waals surface area contributed by atoms with Crippen molar-refractivity contribution in [2.45, 2.75) is 19.5 Å². The molecule has 5 N–H and O–H groups in total. The Morgan fingerprint density at radius 3 is 2.68 bits per heavy atom. The SMILES string of the molecule is NC(=O)Cn1cc(/C=N\NC(=O)c2nnn(-c3nonc3N)c2CN2CCc3ccccc32)c(-c2ccccc2)n1. The van der Waals surface area contributed by atoms with Gasteiger partial charge in [0.05, 0.1) is 18.5 Å². The number of carbonyl (C=O) groups excluding carboxylic acids is 2. The van der Waals surface area contributed by atoms with Crippen LogP contribution in [0.2, 0.25) is 0 Å². The zero-order chi connectivity index (χ0) is 28.3. The second-order valence-corrected chi connectivity index (χ2v) is 9.23. The van der Waals surface area contributed by atoms with Gasteiger partial charge in [-0.3, -0.25) is 14.3 Å². The maximum atomic E-state index is 13.3. The highest BCUT2D eigenvalue weighted by Crippen LogP contribution is 2.30. The topological polar surface area (TPSA) is 201 Å². The number of fused-ring (bicyclic) bond motifs is 1. The Hall–Kier alpha value is -5.86. The first-order valence-electron chi connectivity index (χ1n) is 12.6. The predicted molar refractivity (Wildman–Crippen MR) is 147 cm³/mol. The normalized spacial score (nSPS) is 12.6. The lowest BCUT2D eigenvalue weighted by molar-refractivity contribution is -0.118. The van der Waals surface area contributed by atoms with Crippen LogP contribution in [0.3, 0.4) is 0 Å². The molecule has 15 nitrogen and oxygen atoms in total. The number of nitrogens with two attached hydrogens (primary N) is 2. The van der Waals surface area contributed by atoms with E-state index in [1.165, 1.54) is 21.1 Å². The van der Waals surface area contributed by atoms with E-state index in [9.17, 15) is 9.59 Å². The molecule has 3 aromatic heterocycles. The predicted octanol–water partition coefficient (Wildman–Crippen LogP) is 0.908. The quantitative estimate of drug-likeness (QED) is 0.174. The lowest BCUT2D eigenvalue weighted by Crippen LogP contribution is -2.26. The Labute approximate surface area is 232 Å². The molecule has 0 bridgehead atoms. The number of para-hydroxylation sites is 1. The van der Waals surface area contributed by atoms with Gasteiger partial charge in [0, 0.05) is 29.6 Å². The van der Waals surface area contributed by atoms with Gasteiger partial charge in [0.2, 0.25) is 17.5 Å². The van der Waals surface area contributed by atoms with Gasteiger partial charge in [-0.1, -0.05) is 53.7 Å². The van der Waals surface area contributed by atoms with Crippen LogP contribution < -0.4 is 21.8 Å². The molecule has 2 amide bonds. The number of hydrogen-bond acceptors (Lipinski definition) is 11. The van der Waals surface area contributed by atoms with Gasteiger partial charge in [0.25, 0.3) is 5.91 Å². The van der Waals surface area contributed by atoms with Gasteiger partial charge >= 0.3 is 0 Å². The summed E-state index contributed by atoms with van der Waals surface area (Å²) in [5.41, 5.74) is 18.4. The van der Waals surface area contributed by atoms with Crippen LogP contribution in [0.5, 0.6) is 0 Å². The standard InChI is InChI=1S/C26H24N12O3/c27-21(39)15-37-13-18(22(32-37)17-7-2-1-3-8-17)12-29-31-26(40)23-20(38(35-30-23)25-24(28)33-41-34-25)14-36-11-10-16-6-4-5-9-19(16)36/h1-9,12-13H,10-11,14-15H2,(H2,27,39)(H2,28,33)(H,31,40)/b29-12-. The van der Waals surface area contributed by atoms with E-state index in [1.807, 2.05) is 48.5 Å². The van der Waals surface area contributed by atoms with Gasteiger partial charge in [-0.25, -0.2) is 10.1 Å². The van der Waals surface area contributed by atoms with Crippen LogP contribution in [-0.2, 0) is 24.3 Å². The number of nitrogens with one attached hydrogen (secondary N) is 1. The number of hydrazone groups is 1. The van der Waals surface area contributed by atoms with Crippen LogP contribution >= 0.6 is 0 Å². The first-order chi connectivity index (χ1) is 20.0.